The van der Waals surface area contributed by atoms with Crippen LogP contribution in [0.5, 0.6) is 11.5 Å². The SMILES string of the molecule is Cc1c(Br)cc2c(c1C(=O)C(=O)O)OCCO2. The second kappa shape index (κ2) is 4.37. The zero-order valence-corrected chi connectivity index (χ0v) is 10.5. The predicted octanol–water partition coefficient (Wildman–Crippen LogP) is 1.80. The zero-order chi connectivity index (χ0) is 12.6. The van der Waals surface area contributed by atoms with E-state index in [1.807, 2.05) is 0 Å². The maximum absolute atomic E-state index is 11.6. The molecule has 0 amide bonds. The van der Waals surface area contributed by atoms with Crippen molar-refractivity contribution in [1.82, 2.24) is 0 Å². The van der Waals surface area contributed by atoms with Gasteiger partial charge in [-0.05, 0) is 18.6 Å². The Labute approximate surface area is 105 Å². The molecule has 0 atom stereocenters. The third-order valence-electron chi connectivity index (χ3n) is 2.45. The van der Waals surface area contributed by atoms with Gasteiger partial charge in [0.1, 0.15) is 13.2 Å². The number of hydrogen-bond acceptors (Lipinski definition) is 4. The van der Waals surface area contributed by atoms with Gasteiger partial charge in [0.15, 0.2) is 11.5 Å². The lowest BCUT2D eigenvalue weighted by Gasteiger charge is -2.22. The van der Waals surface area contributed by atoms with Gasteiger partial charge in [0, 0.05) is 4.47 Å². The average molecular weight is 301 g/mol. The van der Waals surface area contributed by atoms with E-state index in [4.69, 9.17) is 14.6 Å². The topological polar surface area (TPSA) is 72.8 Å². The molecule has 2 rings (SSSR count). The van der Waals surface area contributed by atoms with Crippen LogP contribution in [0.25, 0.3) is 0 Å². The van der Waals surface area contributed by atoms with Gasteiger partial charge >= 0.3 is 5.97 Å². The van der Waals surface area contributed by atoms with Crippen molar-refractivity contribution in [2.24, 2.45) is 0 Å². The number of rotatable bonds is 2. The molecule has 6 heteroatoms. The average Bonchev–Trinajstić information content (AvgIpc) is 2.30. The number of hydrogen-bond donors (Lipinski definition) is 1. The largest absolute Gasteiger partial charge is 0.486 e. The Hall–Kier alpha value is -1.56. The van der Waals surface area contributed by atoms with E-state index >= 15 is 0 Å². The number of halogens is 1. The molecule has 1 aromatic rings. The minimum absolute atomic E-state index is 0.0431. The highest BCUT2D eigenvalue weighted by Crippen LogP contribution is 2.40. The maximum atomic E-state index is 11.6. The van der Waals surface area contributed by atoms with Crippen LogP contribution in [-0.4, -0.2) is 30.1 Å². The summed E-state index contributed by atoms with van der Waals surface area (Å²) in [6, 6.07) is 1.67. The van der Waals surface area contributed by atoms with Gasteiger partial charge in [-0.25, -0.2) is 4.79 Å². The fraction of sp³-hybridized carbons (Fsp3) is 0.273. The summed E-state index contributed by atoms with van der Waals surface area (Å²) in [7, 11) is 0. The van der Waals surface area contributed by atoms with E-state index in [1.165, 1.54) is 0 Å². The number of aliphatic carboxylic acids is 1. The third kappa shape index (κ3) is 2.00. The van der Waals surface area contributed by atoms with Crippen molar-refractivity contribution < 1.29 is 24.2 Å². The molecule has 0 fully saturated rings. The molecule has 1 heterocycles. The Bertz CT molecular complexity index is 509. The predicted molar refractivity (Wildman–Crippen MR) is 61.8 cm³/mol. The van der Waals surface area contributed by atoms with Crippen molar-refractivity contribution in [2.75, 3.05) is 13.2 Å². The fourth-order valence-electron chi connectivity index (χ4n) is 1.63. The number of Topliss-reactive ketones (excluding diaryl/α,β-unsaturated/α-hetero) is 1. The Morgan fingerprint density at radius 2 is 2.00 bits per heavy atom. The highest BCUT2D eigenvalue weighted by atomic mass is 79.9. The summed E-state index contributed by atoms with van der Waals surface area (Å²) in [5.41, 5.74) is 0.572. The minimum Gasteiger partial charge on any atom is -0.486 e. The number of carbonyl (C=O) groups is 2. The molecule has 1 aromatic carbocycles. The monoisotopic (exact) mass is 300 g/mol. The Morgan fingerprint density at radius 1 is 1.35 bits per heavy atom. The molecule has 0 saturated carbocycles. The molecule has 0 radical (unpaired) electrons. The highest BCUT2D eigenvalue weighted by Gasteiger charge is 2.28. The second-order valence-electron chi connectivity index (χ2n) is 3.52. The van der Waals surface area contributed by atoms with Crippen LogP contribution in [0.3, 0.4) is 0 Å². The van der Waals surface area contributed by atoms with Crippen molar-refractivity contribution in [1.29, 1.82) is 0 Å². The quantitative estimate of drug-likeness (QED) is 0.666. The van der Waals surface area contributed by atoms with Crippen molar-refractivity contribution >= 4 is 27.7 Å². The van der Waals surface area contributed by atoms with Crippen LogP contribution >= 0.6 is 15.9 Å². The lowest BCUT2D eigenvalue weighted by molar-refractivity contribution is -0.131. The second-order valence-corrected chi connectivity index (χ2v) is 4.37. The van der Waals surface area contributed by atoms with Gasteiger partial charge in [0.2, 0.25) is 0 Å². The molecular formula is C11H9BrO5. The molecule has 5 nitrogen and oxygen atoms in total. The Kier molecular flexibility index (Phi) is 3.06. The molecular weight excluding hydrogens is 292 g/mol. The summed E-state index contributed by atoms with van der Waals surface area (Å²) in [4.78, 5) is 22.4. The molecule has 0 aliphatic carbocycles. The summed E-state index contributed by atoms with van der Waals surface area (Å²) in [5, 5.41) is 8.79. The van der Waals surface area contributed by atoms with Gasteiger partial charge in [-0.2, -0.15) is 0 Å². The van der Waals surface area contributed by atoms with Crippen LogP contribution in [0.4, 0.5) is 0 Å². The molecule has 0 bridgehead atoms. The minimum atomic E-state index is -1.51. The number of fused-ring (bicyclic) bond motifs is 1. The summed E-state index contributed by atoms with van der Waals surface area (Å²) >= 11 is 3.26. The molecule has 0 unspecified atom stereocenters. The molecule has 0 spiro atoms. The van der Waals surface area contributed by atoms with E-state index in [1.54, 1.807) is 13.0 Å². The normalized spacial score (nSPS) is 13.3. The standard InChI is InChI=1S/C11H9BrO5/c1-5-6(12)4-7-10(17-3-2-16-7)8(5)9(13)11(14)15/h4H,2-3H2,1H3,(H,14,15). The molecule has 90 valence electrons. The van der Waals surface area contributed by atoms with Crippen LogP contribution < -0.4 is 9.47 Å². The smallest absolute Gasteiger partial charge is 0.377 e. The number of carboxylic acids is 1. The van der Waals surface area contributed by atoms with Crippen LogP contribution in [0.15, 0.2) is 10.5 Å². The van der Waals surface area contributed by atoms with Crippen molar-refractivity contribution in [3.63, 3.8) is 0 Å². The van der Waals surface area contributed by atoms with E-state index in [0.29, 0.717) is 29.0 Å². The first-order chi connectivity index (χ1) is 8.02. The summed E-state index contributed by atoms with van der Waals surface area (Å²) in [6.07, 6.45) is 0. The molecule has 1 aliphatic rings. The lowest BCUT2D eigenvalue weighted by Crippen LogP contribution is -2.21. The summed E-state index contributed by atoms with van der Waals surface area (Å²) < 4.78 is 11.3. The first-order valence-corrected chi connectivity index (χ1v) is 5.68. The van der Waals surface area contributed by atoms with E-state index in [-0.39, 0.29) is 11.3 Å². The number of benzene rings is 1. The maximum Gasteiger partial charge on any atom is 0.377 e. The van der Waals surface area contributed by atoms with Gasteiger partial charge in [0.05, 0.1) is 5.56 Å². The first kappa shape index (κ1) is 11.9. The van der Waals surface area contributed by atoms with Gasteiger partial charge < -0.3 is 14.6 Å². The van der Waals surface area contributed by atoms with E-state index < -0.39 is 11.8 Å². The number of carboxylic acid groups (broad SMARTS) is 1. The summed E-state index contributed by atoms with van der Waals surface area (Å²) in [5.74, 6) is -1.91. The Balaban J connectivity index is 2.66. The number of carbonyl (C=O) groups excluding carboxylic acids is 1. The molecule has 0 aromatic heterocycles. The van der Waals surface area contributed by atoms with Crippen molar-refractivity contribution in [2.45, 2.75) is 6.92 Å². The van der Waals surface area contributed by atoms with Crippen LogP contribution in [0, 0.1) is 6.92 Å². The fourth-order valence-corrected chi connectivity index (χ4v) is 2.03. The van der Waals surface area contributed by atoms with Gasteiger partial charge in [-0.3, -0.25) is 4.79 Å². The van der Waals surface area contributed by atoms with E-state index in [9.17, 15) is 9.59 Å². The first-order valence-electron chi connectivity index (χ1n) is 4.88. The lowest BCUT2D eigenvalue weighted by atomic mass is 10.0. The number of ketones is 1. The molecule has 0 saturated heterocycles. The van der Waals surface area contributed by atoms with Crippen molar-refractivity contribution in [3.05, 3.63) is 21.7 Å². The highest BCUT2D eigenvalue weighted by molar-refractivity contribution is 9.10. The zero-order valence-electron chi connectivity index (χ0n) is 8.95. The van der Waals surface area contributed by atoms with Crippen LogP contribution in [-0.2, 0) is 4.79 Å². The van der Waals surface area contributed by atoms with Gasteiger partial charge in [-0.15, -0.1) is 0 Å². The van der Waals surface area contributed by atoms with Crippen LogP contribution in [0.2, 0.25) is 0 Å². The third-order valence-corrected chi connectivity index (χ3v) is 3.27. The van der Waals surface area contributed by atoms with Gasteiger partial charge in [0.25, 0.3) is 5.78 Å². The molecule has 1 aliphatic heterocycles. The van der Waals surface area contributed by atoms with E-state index in [2.05, 4.69) is 15.9 Å². The Morgan fingerprint density at radius 3 is 2.65 bits per heavy atom. The molecule has 1 N–H and O–H groups in total. The number of ether oxygens (including phenoxy) is 2. The van der Waals surface area contributed by atoms with Crippen molar-refractivity contribution in [3.8, 4) is 11.5 Å². The van der Waals surface area contributed by atoms with Gasteiger partial charge in [-0.1, -0.05) is 15.9 Å². The van der Waals surface area contributed by atoms with Crippen LogP contribution in [0.1, 0.15) is 15.9 Å². The van der Waals surface area contributed by atoms with E-state index in [0.717, 1.165) is 0 Å². The summed E-state index contributed by atoms with van der Waals surface area (Å²) in [6.45, 7) is 2.33. The molecule has 17 heavy (non-hydrogen) atoms.